The zero-order chi connectivity index (χ0) is 25.9. The van der Waals surface area contributed by atoms with Gasteiger partial charge in [0.15, 0.2) is 0 Å². The minimum Gasteiger partial charge on any atom is -0.378 e. The summed E-state index contributed by atoms with van der Waals surface area (Å²) in [6.45, 7) is 5.27. The number of nitrogens with zero attached hydrogens (tertiary/aromatic N) is 3. The third-order valence-corrected chi connectivity index (χ3v) is 8.29. The van der Waals surface area contributed by atoms with Crippen molar-refractivity contribution in [2.24, 2.45) is 0 Å². The first-order chi connectivity index (χ1) is 17.7. The minimum absolute atomic E-state index is 0.268. The van der Waals surface area contributed by atoms with Gasteiger partial charge < -0.3 is 10.3 Å². The third-order valence-electron chi connectivity index (χ3n) is 8.29. The van der Waals surface area contributed by atoms with Crippen molar-refractivity contribution in [2.75, 3.05) is 38.2 Å². The average molecular weight is 516 g/mol. The molecule has 0 bridgehead atoms. The second kappa shape index (κ2) is 9.27. The first-order valence-corrected chi connectivity index (χ1v) is 13.2. The monoisotopic (exact) mass is 515 g/mol. The van der Waals surface area contributed by atoms with E-state index in [1.54, 1.807) is 6.20 Å². The largest absolute Gasteiger partial charge is 0.401 e. The Morgan fingerprint density at radius 3 is 2.62 bits per heavy atom. The maximum atomic E-state index is 13.7. The quantitative estimate of drug-likeness (QED) is 0.404. The van der Waals surface area contributed by atoms with Crippen LogP contribution in [-0.2, 0) is 12.8 Å². The predicted molar refractivity (Wildman–Crippen MR) is 137 cm³/mol. The molecule has 37 heavy (non-hydrogen) atoms. The van der Waals surface area contributed by atoms with Gasteiger partial charge in [-0.1, -0.05) is 6.92 Å². The SMILES string of the molecule is C[C@@H]1Cc2c([nH]c3cc4c(cc23)[C@@H](C)C4)[C@@H](c2ccc(NC3CN(CCCF)C3)cn2)N1CC(F)(F)F. The zero-order valence-electron chi connectivity index (χ0n) is 21.2. The summed E-state index contributed by atoms with van der Waals surface area (Å²) in [5.74, 6) is 0.525. The maximum absolute atomic E-state index is 13.7. The molecule has 2 aliphatic heterocycles. The van der Waals surface area contributed by atoms with Gasteiger partial charge >= 0.3 is 6.18 Å². The Morgan fingerprint density at radius 2 is 1.95 bits per heavy atom. The van der Waals surface area contributed by atoms with Crippen molar-refractivity contribution in [3.63, 3.8) is 0 Å². The molecule has 3 atom stereocenters. The fourth-order valence-corrected chi connectivity index (χ4v) is 6.40. The lowest BCUT2D eigenvalue weighted by Gasteiger charge is -2.41. The Balaban J connectivity index is 1.30. The molecule has 0 radical (unpaired) electrons. The van der Waals surface area contributed by atoms with Gasteiger partial charge in [-0.3, -0.25) is 19.2 Å². The molecule has 2 aromatic heterocycles. The lowest BCUT2D eigenvalue weighted by molar-refractivity contribution is -0.155. The van der Waals surface area contributed by atoms with Gasteiger partial charge in [0.1, 0.15) is 0 Å². The van der Waals surface area contributed by atoms with Crippen LogP contribution < -0.4 is 5.32 Å². The second-order valence-corrected chi connectivity index (χ2v) is 11.1. The number of aromatic amines is 1. The summed E-state index contributed by atoms with van der Waals surface area (Å²) in [6.07, 6.45) is -0.434. The van der Waals surface area contributed by atoms with E-state index in [4.69, 9.17) is 0 Å². The van der Waals surface area contributed by atoms with Gasteiger partial charge in [0.25, 0.3) is 0 Å². The Morgan fingerprint density at radius 1 is 1.14 bits per heavy atom. The summed E-state index contributed by atoms with van der Waals surface area (Å²) >= 11 is 0. The summed E-state index contributed by atoms with van der Waals surface area (Å²) in [5.41, 5.74) is 7.06. The highest BCUT2D eigenvalue weighted by Crippen LogP contribution is 2.44. The van der Waals surface area contributed by atoms with Gasteiger partial charge in [-0.05, 0) is 73.1 Å². The lowest BCUT2D eigenvalue weighted by Crippen LogP contribution is -2.54. The van der Waals surface area contributed by atoms with Crippen LogP contribution >= 0.6 is 0 Å². The van der Waals surface area contributed by atoms with E-state index in [0.29, 0.717) is 24.5 Å². The molecule has 5 nitrogen and oxygen atoms in total. The molecular weight excluding hydrogens is 482 g/mol. The summed E-state index contributed by atoms with van der Waals surface area (Å²) in [4.78, 5) is 11.9. The highest BCUT2D eigenvalue weighted by atomic mass is 19.4. The van der Waals surface area contributed by atoms with Gasteiger partial charge in [-0.25, -0.2) is 0 Å². The van der Waals surface area contributed by atoms with Crippen LogP contribution in [0, 0.1) is 0 Å². The van der Waals surface area contributed by atoms with E-state index in [1.165, 1.54) is 16.0 Å². The van der Waals surface area contributed by atoms with E-state index in [9.17, 15) is 17.6 Å². The van der Waals surface area contributed by atoms with Crippen LogP contribution in [0.3, 0.4) is 0 Å². The number of likely N-dealkylation sites (tertiary alicyclic amines) is 1. The number of halogens is 4. The summed E-state index contributed by atoms with van der Waals surface area (Å²) in [5, 5.41) is 4.57. The van der Waals surface area contributed by atoms with Crippen molar-refractivity contribution in [3.05, 3.63) is 58.5 Å². The van der Waals surface area contributed by atoms with Crippen LogP contribution in [0.25, 0.3) is 10.9 Å². The third kappa shape index (κ3) is 4.61. The zero-order valence-corrected chi connectivity index (χ0v) is 21.2. The molecule has 3 aliphatic rings. The molecule has 4 heterocycles. The van der Waals surface area contributed by atoms with Gasteiger partial charge in [0.05, 0.1) is 42.9 Å². The number of rotatable bonds is 7. The summed E-state index contributed by atoms with van der Waals surface area (Å²) in [7, 11) is 0. The number of fused-ring (bicyclic) bond motifs is 4. The number of hydrogen-bond donors (Lipinski definition) is 2. The molecule has 0 saturated carbocycles. The molecule has 1 fully saturated rings. The molecule has 0 spiro atoms. The number of alkyl halides is 4. The normalized spacial score (nSPS) is 24.4. The van der Waals surface area contributed by atoms with Crippen LogP contribution in [-0.4, -0.2) is 70.9 Å². The van der Waals surface area contributed by atoms with Crippen molar-refractivity contribution in [1.82, 2.24) is 19.8 Å². The van der Waals surface area contributed by atoms with Crippen LogP contribution in [0.1, 0.15) is 60.3 Å². The lowest BCUT2D eigenvalue weighted by atomic mass is 9.77. The number of benzene rings is 1. The standard InChI is InChI=1S/C28H33F4N5/c1-16-8-18-10-25-22(11-21(16)18)23-9-17(2)37(15-28(30,31)32)27(26(23)35-25)24-5-4-19(12-33-24)34-20-13-36(14-20)7-3-6-29/h4-5,10-12,16-17,20,27,34-35H,3,6-9,13-15H2,1-2H3/t16-,17+,27+/m0/s1. The molecule has 3 aromatic rings. The smallest absolute Gasteiger partial charge is 0.378 e. The van der Waals surface area contributed by atoms with Crippen molar-refractivity contribution in [3.8, 4) is 0 Å². The number of hydrogen-bond acceptors (Lipinski definition) is 4. The maximum Gasteiger partial charge on any atom is 0.401 e. The summed E-state index contributed by atoms with van der Waals surface area (Å²) < 4.78 is 53.5. The van der Waals surface area contributed by atoms with E-state index < -0.39 is 18.8 Å². The Hall–Kier alpha value is -2.65. The number of aromatic nitrogens is 2. The molecule has 0 unspecified atom stereocenters. The molecular formula is C28H33F4N5. The van der Waals surface area contributed by atoms with E-state index in [1.807, 2.05) is 19.1 Å². The van der Waals surface area contributed by atoms with Crippen LogP contribution in [0.5, 0.6) is 0 Å². The molecule has 1 aliphatic carbocycles. The predicted octanol–water partition coefficient (Wildman–Crippen LogP) is 5.58. The van der Waals surface area contributed by atoms with Crippen LogP contribution in [0.4, 0.5) is 23.2 Å². The second-order valence-electron chi connectivity index (χ2n) is 11.1. The molecule has 1 saturated heterocycles. The van der Waals surface area contributed by atoms with Crippen molar-refractivity contribution in [1.29, 1.82) is 0 Å². The van der Waals surface area contributed by atoms with Crippen molar-refractivity contribution in [2.45, 2.75) is 63.3 Å². The summed E-state index contributed by atoms with van der Waals surface area (Å²) in [6, 6.07) is 7.55. The highest BCUT2D eigenvalue weighted by molar-refractivity contribution is 5.88. The molecule has 2 N–H and O–H groups in total. The highest BCUT2D eigenvalue weighted by Gasteiger charge is 2.42. The number of anilines is 1. The molecule has 1 aromatic carbocycles. The number of H-pyrrole nitrogens is 1. The van der Waals surface area contributed by atoms with E-state index in [-0.39, 0.29) is 18.8 Å². The van der Waals surface area contributed by atoms with Gasteiger partial charge in [-0.2, -0.15) is 13.2 Å². The topological polar surface area (TPSA) is 47.2 Å². The molecule has 198 valence electrons. The number of pyridine rings is 1. The van der Waals surface area contributed by atoms with Gasteiger partial charge in [0, 0.05) is 42.3 Å². The Labute approximate surface area is 214 Å². The van der Waals surface area contributed by atoms with Gasteiger partial charge in [0.2, 0.25) is 0 Å². The van der Waals surface area contributed by atoms with E-state index in [0.717, 1.165) is 53.9 Å². The Kier molecular flexibility index (Phi) is 6.18. The van der Waals surface area contributed by atoms with Crippen molar-refractivity contribution >= 4 is 16.6 Å². The van der Waals surface area contributed by atoms with Crippen molar-refractivity contribution < 1.29 is 17.6 Å². The fraction of sp³-hybridized carbons (Fsp3) is 0.536. The minimum atomic E-state index is -4.31. The molecule has 0 amide bonds. The molecule has 9 heteroatoms. The number of nitrogens with one attached hydrogen (secondary N) is 2. The Bertz CT molecular complexity index is 1280. The van der Waals surface area contributed by atoms with E-state index in [2.05, 4.69) is 39.2 Å². The van der Waals surface area contributed by atoms with Crippen LogP contribution in [0.15, 0.2) is 30.5 Å². The molecule has 6 rings (SSSR count). The fourth-order valence-electron chi connectivity index (χ4n) is 6.40. The van der Waals surface area contributed by atoms with Crippen LogP contribution in [0.2, 0.25) is 0 Å². The average Bonchev–Trinajstić information content (AvgIpc) is 3.16. The van der Waals surface area contributed by atoms with E-state index >= 15 is 0 Å². The van der Waals surface area contributed by atoms with Gasteiger partial charge in [-0.15, -0.1) is 0 Å². The first-order valence-electron chi connectivity index (χ1n) is 13.2. The first kappa shape index (κ1) is 24.7.